The molecule has 30 heavy (non-hydrogen) atoms. The van der Waals surface area contributed by atoms with E-state index in [2.05, 4.69) is 24.4 Å². The molecule has 0 saturated heterocycles. The van der Waals surface area contributed by atoms with Crippen LogP contribution < -0.4 is 17.2 Å². The molecule has 0 spiro atoms. The lowest BCUT2D eigenvalue weighted by atomic mass is 10.0. The Bertz CT molecular complexity index is 916. The van der Waals surface area contributed by atoms with Gasteiger partial charge in [0.15, 0.2) is 5.78 Å². The summed E-state index contributed by atoms with van der Waals surface area (Å²) in [6, 6.07) is 12.1. The van der Waals surface area contributed by atoms with Gasteiger partial charge in [-0.25, -0.2) is 0 Å². The third-order valence-electron chi connectivity index (χ3n) is 4.27. The number of allylic oxidation sites excluding steroid dienone is 6. The molecular weight excluding hydrogens is 374 g/mol. The lowest BCUT2D eigenvalue weighted by molar-refractivity contribution is -0.111. The molecule has 0 unspecified atom stereocenters. The van der Waals surface area contributed by atoms with Crippen molar-refractivity contribution in [1.82, 2.24) is 0 Å². The van der Waals surface area contributed by atoms with Crippen LogP contribution in [0.2, 0.25) is 0 Å². The summed E-state index contributed by atoms with van der Waals surface area (Å²) in [6.07, 6.45) is 8.28. The Morgan fingerprint density at radius 3 is 2.17 bits per heavy atom. The van der Waals surface area contributed by atoms with Crippen molar-refractivity contribution in [3.8, 4) is 0 Å². The SMILES string of the molecule is C=CN.CC/C(N)=C\C=C(/C)C(=O)/C=C(\N)Cc1ccc(Cc2ccc(C)o2)cc1. The first kappa shape index (κ1) is 24.6. The fourth-order valence-corrected chi connectivity index (χ4v) is 2.56. The number of carbonyl (C=O) groups excluding carboxylic acids is 1. The molecule has 1 aromatic carbocycles. The number of benzene rings is 1. The Kier molecular flexibility index (Phi) is 10.6. The van der Waals surface area contributed by atoms with Gasteiger partial charge in [0.25, 0.3) is 0 Å². The van der Waals surface area contributed by atoms with E-state index in [4.69, 9.17) is 15.9 Å². The minimum absolute atomic E-state index is 0.0996. The van der Waals surface area contributed by atoms with Crippen molar-refractivity contribution >= 4 is 5.78 Å². The molecule has 6 N–H and O–H groups in total. The minimum atomic E-state index is -0.0996. The summed E-state index contributed by atoms with van der Waals surface area (Å²) in [5.74, 6) is 1.77. The van der Waals surface area contributed by atoms with E-state index in [1.807, 2.05) is 38.1 Å². The Morgan fingerprint density at radius 2 is 1.63 bits per heavy atom. The van der Waals surface area contributed by atoms with Gasteiger partial charge in [-0.15, -0.1) is 0 Å². The summed E-state index contributed by atoms with van der Waals surface area (Å²) >= 11 is 0. The van der Waals surface area contributed by atoms with Gasteiger partial charge in [0.05, 0.1) is 0 Å². The molecule has 0 amide bonds. The van der Waals surface area contributed by atoms with E-state index < -0.39 is 0 Å². The molecule has 0 atom stereocenters. The van der Waals surface area contributed by atoms with Crippen molar-refractivity contribution in [2.45, 2.75) is 40.0 Å². The zero-order valence-electron chi connectivity index (χ0n) is 18.2. The molecule has 1 aromatic heterocycles. The highest BCUT2D eigenvalue weighted by molar-refractivity contribution is 6.04. The number of nitrogens with two attached hydrogens (primary N) is 3. The van der Waals surface area contributed by atoms with Gasteiger partial charge in [0.1, 0.15) is 11.5 Å². The van der Waals surface area contributed by atoms with Gasteiger partial charge < -0.3 is 21.6 Å². The van der Waals surface area contributed by atoms with Crippen molar-refractivity contribution < 1.29 is 9.21 Å². The first-order valence-corrected chi connectivity index (χ1v) is 9.88. The van der Waals surface area contributed by atoms with Crippen molar-refractivity contribution in [3.05, 3.63) is 107 Å². The molecule has 0 aliphatic carbocycles. The molecule has 2 aromatic rings. The molecule has 0 saturated carbocycles. The van der Waals surface area contributed by atoms with Crippen molar-refractivity contribution in [3.63, 3.8) is 0 Å². The third-order valence-corrected chi connectivity index (χ3v) is 4.27. The van der Waals surface area contributed by atoms with Crippen LogP contribution in [-0.2, 0) is 17.6 Å². The number of rotatable bonds is 8. The van der Waals surface area contributed by atoms with Crippen LogP contribution in [0.25, 0.3) is 0 Å². The summed E-state index contributed by atoms with van der Waals surface area (Å²) in [5.41, 5.74) is 20.5. The highest BCUT2D eigenvalue weighted by Gasteiger charge is 2.04. The molecule has 2 rings (SSSR count). The predicted molar refractivity (Wildman–Crippen MR) is 124 cm³/mol. The monoisotopic (exact) mass is 407 g/mol. The van der Waals surface area contributed by atoms with Crippen LogP contribution in [0.1, 0.15) is 42.9 Å². The number of hydrogen-bond donors (Lipinski definition) is 3. The maximum absolute atomic E-state index is 12.2. The summed E-state index contributed by atoms with van der Waals surface area (Å²) in [5, 5.41) is 0. The average Bonchev–Trinajstić information content (AvgIpc) is 3.12. The lowest BCUT2D eigenvalue weighted by Crippen LogP contribution is -2.06. The van der Waals surface area contributed by atoms with Gasteiger partial charge in [-0.2, -0.15) is 0 Å². The molecule has 160 valence electrons. The molecular formula is C25H33N3O2. The van der Waals surface area contributed by atoms with E-state index >= 15 is 0 Å². The largest absolute Gasteiger partial charge is 0.466 e. The first-order valence-electron chi connectivity index (χ1n) is 9.88. The Morgan fingerprint density at radius 1 is 1.03 bits per heavy atom. The maximum atomic E-state index is 12.2. The molecule has 0 bridgehead atoms. The zero-order chi connectivity index (χ0) is 22.5. The fourth-order valence-electron chi connectivity index (χ4n) is 2.56. The summed E-state index contributed by atoms with van der Waals surface area (Å²) in [6.45, 7) is 8.81. The van der Waals surface area contributed by atoms with Crippen LogP contribution in [0.5, 0.6) is 0 Å². The van der Waals surface area contributed by atoms with E-state index in [1.165, 1.54) is 17.8 Å². The molecule has 0 aliphatic rings. The van der Waals surface area contributed by atoms with Crippen molar-refractivity contribution in [1.29, 1.82) is 0 Å². The zero-order valence-corrected chi connectivity index (χ0v) is 18.2. The number of aryl methyl sites for hydroxylation is 1. The van der Waals surface area contributed by atoms with Crippen LogP contribution in [0.3, 0.4) is 0 Å². The molecule has 1 heterocycles. The number of ketones is 1. The second-order valence-electron chi connectivity index (χ2n) is 6.95. The molecule has 0 aliphatic heterocycles. The summed E-state index contributed by atoms with van der Waals surface area (Å²) in [7, 11) is 0. The number of carbonyl (C=O) groups is 1. The average molecular weight is 408 g/mol. The van der Waals surface area contributed by atoms with Gasteiger partial charge in [-0.3, -0.25) is 4.79 Å². The molecule has 0 radical (unpaired) electrons. The first-order chi connectivity index (χ1) is 14.3. The Balaban J connectivity index is 0.00000141. The normalized spacial score (nSPS) is 12.2. The Hall–Kier alpha value is -3.47. The van der Waals surface area contributed by atoms with Gasteiger partial charge in [-0.05, 0) is 61.4 Å². The predicted octanol–water partition coefficient (Wildman–Crippen LogP) is 4.42. The fraction of sp³-hybridized carbons (Fsp3) is 0.240. The summed E-state index contributed by atoms with van der Waals surface area (Å²) in [4.78, 5) is 12.2. The third kappa shape index (κ3) is 9.15. The van der Waals surface area contributed by atoms with Crippen LogP contribution in [0.4, 0.5) is 0 Å². The highest BCUT2D eigenvalue weighted by Crippen LogP contribution is 2.14. The van der Waals surface area contributed by atoms with Gasteiger partial charge in [0, 0.05) is 30.3 Å². The van der Waals surface area contributed by atoms with E-state index in [1.54, 1.807) is 19.1 Å². The standard InChI is InChI=1S/C23H28N2O2.C2H5N/c1-4-20(24)11-5-16(2)23(26)15-21(25)13-18-7-9-19(10-8-18)14-22-12-6-17(3)27-22;1-2-3/h5-12,15H,4,13-14,24-25H2,1-3H3;2H,1,3H2/b16-5+,20-11+,21-15-;. The molecule has 5 heteroatoms. The van der Waals surface area contributed by atoms with E-state index in [0.717, 1.165) is 35.6 Å². The number of hydrogen-bond acceptors (Lipinski definition) is 5. The van der Waals surface area contributed by atoms with Gasteiger partial charge in [0.2, 0.25) is 0 Å². The lowest BCUT2D eigenvalue weighted by Gasteiger charge is -2.05. The van der Waals surface area contributed by atoms with Gasteiger partial charge in [-0.1, -0.05) is 43.8 Å². The molecule has 5 nitrogen and oxygen atoms in total. The van der Waals surface area contributed by atoms with Crippen LogP contribution in [0, 0.1) is 6.92 Å². The summed E-state index contributed by atoms with van der Waals surface area (Å²) < 4.78 is 5.61. The van der Waals surface area contributed by atoms with Crippen LogP contribution in [-0.4, -0.2) is 5.78 Å². The quantitative estimate of drug-likeness (QED) is 0.443. The number of furan rings is 1. The van der Waals surface area contributed by atoms with Crippen molar-refractivity contribution in [2.24, 2.45) is 17.2 Å². The van der Waals surface area contributed by atoms with Crippen LogP contribution in [0.15, 0.2) is 88.8 Å². The highest BCUT2D eigenvalue weighted by atomic mass is 16.3. The maximum Gasteiger partial charge on any atom is 0.183 e. The second-order valence-corrected chi connectivity index (χ2v) is 6.95. The minimum Gasteiger partial charge on any atom is -0.466 e. The molecule has 0 fully saturated rings. The van der Waals surface area contributed by atoms with Gasteiger partial charge >= 0.3 is 0 Å². The topological polar surface area (TPSA) is 108 Å². The Labute approximate surface area is 179 Å². The van der Waals surface area contributed by atoms with Crippen molar-refractivity contribution in [2.75, 3.05) is 0 Å². The van der Waals surface area contributed by atoms with E-state index in [0.29, 0.717) is 17.7 Å². The second kappa shape index (κ2) is 12.9. The smallest absolute Gasteiger partial charge is 0.183 e. The van der Waals surface area contributed by atoms with E-state index in [-0.39, 0.29) is 5.78 Å². The van der Waals surface area contributed by atoms with E-state index in [9.17, 15) is 4.79 Å². The van der Waals surface area contributed by atoms with Crippen LogP contribution >= 0.6 is 0 Å².